The Morgan fingerprint density at radius 2 is 1.31 bits per heavy atom. The van der Waals surface area contributed by atoms with Crippen molar-refractivity contribution in [1.82, 2.24) is 5.32 Å². The van der Waals surface area contributed by atoms with Crippen molar-refractivity contribution in [2.45, 2.75) is 39.5 Å². The summed E-state index contributed by atoms with van der Waals surface area (Å²) in [7, 11) is 0. The molecular formula is C26H37N3. The molecule has 3 heteroatoms. The minimum atomic E-state index is 1.08. The van der Waals surface area contributed by atoms with Gasteiger partial charge in [0.15, 0.2) is 0 Å². The van der Waals surface area contributed by atoms with Crippen LogP contribution in [0.4, 0.5) is 11.4 Å². The van der Waals surface area contributed by atoms with E-state index in [2.05, 4.69) is 89.6 Å². The van der Waals surface area contributed by atoms with Gasteiger partial charge >= 0.3 is 0 Å². The minimum Gasteiger partial charge on any atom is -0.372 e. The van der Waals surface area contributed by atoms with Gasteiger partial charge < -0.3 is 15.1 Å². The summed E-state index contributed by atoms with van der Waals surface area (Å²) in [6, 6.07) is 18.0. The van der Waals surface area contributed by atoms with Gasteiger partial charge in [-0.05, 0) is 48.2 Å². The van der Waals surface area contributed by atoms with Crippen molar-refractivity contribution >= 4 is 23.5 Å². The third-order valence-electron chi connectivity index (χ3n) is 5.66. The van der Waals surface area contributed by atoms with Crippen LogP contribution < -0.4 is 15.1 Å². The number of nitrogens with one attached hydrogen (secondary N) is 1. The molecule has 1 heterocycles. The minimum absolute atomic E-state index is 1.08. The zero-order valence-electron chi connectivity index (χ0n) is 18.2. The van der Waals surface area contributed by atoms with Crippen molar-refractivity contribution in [3.05, 3.63) is 59.7 Å². The molecular weight excluding hydrogens is 354 g/mol. The van der Waals surface area contributed by atoms with E-state index in [1.165, 1.54) is 48.2 Å². The van der Waals surface area contributed by atoms with Gasteiger partial charge in [-0.25, -0.2) is 0 Å². The summed E-state index contributed by atoms with van der Waals surface area (Å²) < 4.78 is 0. The van der Waals surface area contributed by atoms with Crippen LogP contribution in [0.3, 0.4) is 0 Å². The number of hydrogen-bond acceptors (Lipinski definition) is 3. The van der Waals surface area contributed by atoms with Crippen LogP contribution in [0, 0.1) is 0 Å². The molecule has 2 aromatic carbocycles. The molecule has 1 N–H and O–H groups in total. The van der Waals surface area contributed by atoms with Gasteiger partial charge in [0.25, 0.3) is 0 Å². The number of rotatable bonds is 10. The van der Waals surface area contributed by atoms with Crippen molar-refractivity contribution in [2.75, 3.05) is 49.1 Å². The molecule has 1 aliphatic heterocycles. The van der Waals surface area contributed by atoms with Crippen LogP contribution in [0.5, 0.6) is 0 Å². The average Bonchev–Trinajstić information content (AvgIpc) is 2.79. The van der Waals surface area contributed by atoms with E-state index in [0.717, 1.165) is 39.3 Å². The third kappa shape index (κ3) is 6.64. The highest BCUT2D eigenvalue weighted by Gasteiger charge is 2.09. The molecule has 0 aromatic heterocycles. The fraction of sp³-hybridized carbons (Fsp3) is 0.462. The summed E-state index contributed by atoms with van der Waals surface area (Å²) >= 11 is 0. The summed E-state index contributed by atoms with van der Waals surface area (Å²) in [5, 5.41) is 3.41. The molecule has 29 heavy (non-hydrogen) atoms. The molecule has 0 spiro atoms. The van der Waals surface area contributed by atoms with E-state index in [1.54, 1.807) is 0 Å². The molecule has 0 aliphatic carbocycles. The highest BCUT2D eigenvalue weighted by molar-refractivity contribution is 5.71. The van der Waals surface area contributed by atoms with Gasteiger partial charge in [0.2, 0.25) is 0 Å². The lowest BCUT2D eigenvalue weighted by Gasteiger charge is -2.29. The largest absolute Gasteiger partial charge is 0.372 e. The van der Waals surface area contributed by atoms with E-state index in [-0.39, 0.29) is 0 Å². The molecule has 0 bridgehead atoms. The second-order valence-electron chi connectivity index (χ2n) is 7.95. The summed E-state index contributed by atoms with van der Waals surface area (Å²) in [6.45, 7) is 11.2. The summed E-state index contributed by atoms with van der Waals surface area (Å²) in [6.07, 6.45) is 9.44. The standard InChI is InChI=1S/C26H37N3/c1-3-5-19-28(20-6-4-2)25-13-9-23(10-14-25)7-8-24-11-15-26(16-12-24)29-21-17-27-18-22-29/h7-16,27H,3-6,17-22H2,1-2H3/b8-7+. The first-order chi connectivity index (χ1) is 14.3. The molecule has 0 atom stereocenters. The molecule has 3 rings (SSSR count). The van der Waals surface area contributed by atoms with Gasteiger partial charge in [0.05, 0.1) is 0 Å². The van der Waals surface area contributed by atoms with Gasteiger partial charge in [-0.1, -0.05) is 63.1 Å². The second kappa shape index (κ2) is 11.7. The van der Waals surface area contributed by atoms with Gasteiger partial charge in [0, 0.05) is 50.6 Å². The van der Waals surface area contributed by atoms with E-state index in [1.807, 2.05) is 0 Å². The maximum Gasteiger partial charge on any atom is 0.0367 e. The Balaban J connectivity index is 1.60. The molecule has 0 saturated carbocycles. The van der Waals surface area contributed by atoms with Crippen molar-refractivity contribution in [2.24, 2.45) is 0 Å². The van der Waals surface area contributed by atoms with Crippen LogP contribution in [0.25, 0.3) is 12.2 Å². The quantitative estimate of drug-likeness (QED) is 0.526. The highest BCUT2D eigenvalue weighted by atomic mass is 15.2. The summed E-state index contributed by atoms with van der Waals surface area (Å²) in [4.78, 5) is 4.99. The Kier molecular flexibility index (Phi) is 8.63. The number of benzene rings is 2. The van der Waals surface area contributed by atoms with E-state index < -0.39 is 0 Å². The van der Waals surface area contributed by atoms with Crippen LogP contribution in [-0.4, -0.2) is 39.3 Å². The van der Waals surface area contributed by atoms with E-state index in [9.17, 15) is 0 Å². The van der Waals surface area contributed by atoms with E-state index in [0.29, 0.717) is 0 Å². The number of anilines is 2. The second-order valence-corrected chi connectivity index (χ2v) is 7.95. The highest BCUT2D eigenvalue weighted by Crippen LogP contribution is 2.20. The zero-order valence-corrected chi connectivity index (χ0v) is 18.2. The Morgan fingerprint density at radius 1 is 0.793 bits per heavy atom. The molecule has 1 aliphatic rings. The van der Waals surface area contributed by atoms with E-state index >= 15 is 0 Å². The average molecular weight is 392 g/mol. The van der Waals surface area contributed by atoms with Crippen molar-refractivity contribution in [1.29, 1.82) is 0 Å². The van der Waals surface area contributed by atoms with Gasteiger partial charge in [-0.15, -0.1) is 0 Å². The first kappa shape index (κ1) is 21.4. The smallest absolute Gasteiger partial charge is 0.0367 e. The van der Waals surface area contributed by atoms with E-state index in [4.69, 9.17) is 0 Å². The molecule has 2 aromatic rings. The summed E-state index contributed by atoms with van der Waals surface area (Å²) in [5.74, 6) is 0. The molecule has 1 saturated heterocycles. The van der Waals surface area contributed by atoms with Crippen LogP contribution in [0.1, 0.15) is 50.7 Å². The maximum atomic E-state index is 3.41. The van der Waals surface area contributed by atoms with Crippen LogP contribution >= 0.6 is 0 Å². The number of hydrogen-bond donors (Lipinski definition) is 1. The molecule has 0 radical (unpaired) electrons. The Hall–Kier alpha value is -2.26. The molecule has 3 nitrogen and oxygen atoms in total. The van der Waals surface area contributed by atoms with Crippen LogP contribution in [0.2, 0.25) is 0 Å². The van der Waals surface area contributed by atoms with Crippen LogP contribution in [-0.2, 0) is 0 Å². The molecule has 0 unspecified atom stereocenters. The third-order valence-corrected chi connectivity index (χ3v) is 5.66. The number of piperazine rings is 1. The predicted octanol–water partition coefficient (Wildman–Crippen LogP) is 5.67. The predicted molar refractivity (Wildman–Crippen MR) is 129 cm³/mol. The van der Waals surface area contributed by atoms with Crippen LogP contribution in [0.15, 0.2) is 48.5 Å². The SMILES string of the molecule is CCCCN(CCCC)c1ccc(/C=C/c2ccc(N3CCNCC3)cc2)cc1. The monoisotopic (exact) mass is 391 g/mol. The number of unbranched alkanes of at least 4 members (excludes halogenated alkanes) is 2. The fourth-order valence-corrected chi connectivity index (χ4v) is 3.78. The topological polar surface area (TPSA) is 18.5 Å². The van der Waals surface area contributed by atoms with Gasteiger partial charge in [-0.3, -0.25) is 0 Å². The lowest BCUT2D eigenvalue weighted by Crippen LogP contribution is -2.43. The normalized spacial score (nSPS) is 14.5. The van der Waals surface area contributed by atoms with Gasteiger partial charge in [0.1, 0.15) is 0 Å². The molecule has 156 valence electrons. The fourth-order valence-electron chi connectivity index (χ4n) is 3.78. The van der Waals surface area contributed by atoms with Crippen molar-refractivity contribution < 1.29 is 0 Å². The zero-order chi connectivity index (χ0) is 20.3. The maximum absolute atomic E-state index is 3.41. The first-order valence-corrected chi connectivity index (χ1v) is 11.4. The molecule has 0 amide bonds. The van der Waals surface area contributed by atoms with Crippen molar-refractivity contribution in [3.63, 3.8) is 0 Å². The first-order valence-electron chi connectivity index (χ1n) is 11.4. The Bertz CT molecular complexity index is 720. The molecule has 1 fully saturated rings. The Morgan fingerprint density at radius 3 is 1.83 bits per heavy atom. The summed E-state index contributed by atoms with van der Waals surface area (Å²) in [5.41, 5.74) is 5.18. The lowest BCUT2D eigenvalue weighted by molar-refractivity contribution is 0.589. The number of nitrogens with zero attached hydrogens (tertiary/aromatic N) is 2. The van der Waals surface area contributed by atoms with Crippen molar-refractivity contribution in [3.8, 4) is 0 Å². The lowest BCUT2D eigenvalue weighted by atomic mass is 10.1. The Labute approximate surface area is 177 Å². The van der Waals surface area contributed by atoms with Gasteiger partial charge in [-0.2, -0.15) is 0 Å².